The van der Waals surface area contributed by atoms with E-state index >= 15 is 0 Å². The molecule has 0 aromatic carbocycles. The average molecular weight is 138 g/mol. The molecule has 1 unspecified atom stereocenters. The Kier molecular flexibility index (Phi) is 1.51. The van der Waals surface area contributed by atoms with Gasteiger partial charge in [0.2, 0.25) is 0 Å². The molecule has 10 heavy (non-hydrogen) atoms. The van der Waals surface area contributed by atoms with Gasteiger partial charge >= 0.3 is 0 Å². The van der Waals surface area contributed by atoms with E-state index in [0.717, 1.165) is 11.3 Å². The summed E-state index contributed by atoms with van der Waals surface area (Å²) in [7, 11) is 0. The van der Waals surface area contributed by atoms with Crippen LogP contribution in [0.25, 0.3) is 0 Å². The molecule has 2 aliphatic rings. The zero-order chi connectivity index (χ0) is 7.03. The van der Waals surface area contributed by atoms with Gasteiger partial charge in [-0.3, -0.25) is 0 Å². The molecular formula is C10H18. The predicted molar refractivity (Wildman–Crippen MR) is 43.9 cm³/mol. The van der Waals surface area contributed by atoms with Gasteiger partial charge in [-0.1, -0.05) is 26.2 Å². The Morgan fingerprint density at radius 2 is 1.70 bits per heavy atom. The summed E-state index contributed by atoms with van der Waals surface area (Å²) >= 11 is 0. The van der Waals surface area contributed by atoms with Gasteiger partial charge in [0, 0.05) is 0 Å². The Balaban J connectivity index is 1.99. The normalized spacial score (nSPS) is 37.5. The van der Waals surface area contributed by atoms with Crippen molar-refractivity contribution in [2.24, 2.45) is 11.3 Å². The van der Waals surface area contributed by atoms with E-state index in [1.54, 1.807) is 19.3 Å². The van der Waals surface area contributed by atoms with Crippen molar-refractivity contribution in [3.05, 3.63) is 0 Å². The molecule has 0 radical (unpaired) electrons. The highest BCUT2D eigenvalue weighted by atomic mass is 14.5. The maximum atomic E-state index is 2.45. The summed E-state index contributed by atoms with van der Waals surface area (Å²) in [5.41, 5.74) is 0.859. The van der Waals surface area contributed by atoms with Crippen molar-refractivity contribution in [2.45, 2.75) is 51.9 Å². The van der Waals surface area contributed by atoms with Crippen LogP contribution in [0.5, 0.6) is 0 Å². The summed E-state index contributed by atoms with van der Waals surface area (Å²) in [4.78, 5) is 0. The second kappa shape index (κ2) is 2.25. The lowest BCUT2D eigenvalue weighted by Gasteiger charge is -2.51. The first-order valence-electron chi connectivity index (χ1n) is 4.83. The summed E-state index contributed by atoms with van der Waals surface area (Å²) in [6.45, 7) is 2.45. The summed E-state index contributed by atoms with van der Waals surface area (Å²) in [6.07, 6.45) is 10.7. The smallest absolute Gasteiger partial charge is 0.0272 e. The van der Waals surface area contributed by atoms with Crippen LogP contribution in [0.1, 0.15) is 51.9 Å². The van der Waals surface area contributed by atoms with Gasteiger partial charge in [0.05, 0.1) is 0 Å². The molecule has 1 atom stereocenters. The fourth-order valence-corrected chi connectivity index (χ4v) is 2.84. The minimum atomic E-state index is 0.859. The quantitative estimate of drug-likeness (QED) is 0.481. The van der Waals surface area contributed by atoms with E-state index < -0.39 is 0 Å². The highest BCUT2D eigenvalue weighted by Gasteiger charge is 2.43. The van der Waals surface area contributed by atoms with Crippen molar-refractivity contribution >= 4 is 0 Å². The Morgan fingerprint density at radius 1 is 1.00 bits per heavy atom. The van der Waals surface area contributed by atoms with Crippen LogP contribution < -0.4 is 0 Å². The van der Waals surface area contributed by atoms with Gasteiger partial charge in [-0.2, -0.15) is 0 Å². The first-order valence-corrected chi connectivity index (χ1v) is 4.83. The first-order chi connectivity index (χ1) is 4.83. The SMILES string of the molecule is CC1CCC12CCCCC2. The molecule has 2 aliphatic carbocycles. The molecule has 2 rings (SSSR count). The van der Waals surface area contributed by atoms with E-state index in [1.807, 2.05) is 0 Å². The molecule has 0 aliphatic heterocycles. The summed E-state index contributed by atoms with van der Waals surface area (Å²) in [5, 5.41) is 0. The van der Waals surface area contributed by atoms with Crippen LogP contribution in [0.4, 0.5) is 0 Å². The zero-order valence-electron chi connectivity index (χ0n) is 7.03. The molecule has 1 spiro atoms. The highest BCUT2D eigenvalue weighted by Crippen LogP contribution is 2.55. The lowest BCUT2D eigenvalue weighted by molar-refractivity contribution is 0.00308. The van der Waals surface area contributed by atoms with Gasteiger partial charge in [-0.25, -0.2) is 0 Å². The summed E-state index contributed by atoms with van der Waals surface area (Å²) in [6, 6.07) is 0. The predicted octanol–water partition coefficient (Wildman–Crippen LogP) is 3.37. The fourth-order valence-electron chi connectivity index (χ4n) is 2.84. The van der Waals surface area contributed by atoms with Crippen molar-refractivity contribution < 1.29 is 0 Å². The van der Waals surface area contributed by atoms with E-state index in [0.29, 0.717) is 0 Å². The molecule has 0 bridgehead atoms. The van der Waals surface area contributed by atoms with Gasteiger partial charge in [-0.05, 0) is 37.0 Å². The summed E-state index contributed by atoms with van der Waals surface area (Å²) < 4.78 is 0. The molecule has 0 amide bonds. The molecule has 0 heterocycles. The van der Waals surface area contributed by atoms with E-state index in [-0.39, 0.29) is 0 Å². The largest absolute Gasteiger partial charge is 0.0620 e. The van der Waals surface area contributed by atoms with Crippen LogP contribution in [0.3, 0.4) is 0 Å². The molecular weight excluding hydrogens is 120 g/mol. The lowest BCUT2D eigenvalue weighted by atomic mass is 9.55. The maximum Gasteiger partial charge on any atom is -0.0272 e. The van der Waals surface area contributed by atoms with Gasteiger partial charge in [0.25, 0.3) is 0 Å². The number of hydrogen-bond acceptors (Lipinski definition) is 0. The van der Waals surface area contributed by atoms with Crippen LogP contribution in [-0.4, -0.2) is 0 Å². The van der Waals surface area contributed by atoms with Crippen molar-refractivity contribution in [3.63, 3.8) is 0 Å². The Labute approximate surface area is 64.0 Å². The second-order valence-electron chi connectivity index (χ2n) is 4.36. The Morgan fingerprint density at radius 3 is 2.00 bits per heavy atom. The summed E-state index contributed by atoms with van der Waals surface area (Å²) in [5.74, 6) is 1.06. The molecule has 0 heteroatoms. The Bertz CT molecular complexity index is 120. The van der Waals surface area contributed by atoms with Crippen molar-refractivity contribution in [1.82, 2.24) is 0 Å². The Hall–Kier alpha value is 0. The molecule has 0 aromatic heterocycles. The van der Waals surface area contributed by atoms with Crippen LogP contribution in [0.15, 0.2) is 0 Å². The lowest BCUT2D eigenvalue weighted by Crippen LogP contribution is -2.39. The van der Waals surface area contributed by atoms with Crippen LogP contribution in [-0.2, 0) is 0 Å². The van der Waals surface area contributed by atoms with E-state index in [4.69, 9.17) is 0 Å². The van der Waals surface area contributed by atoms with Crippen molar-refractivity contribution in [3.8, 4) is 0 Å². The molecule has 0 saturated heterocycles. The van der Waals surface area contributed by atoms with E-state index in [1.165, 1.54) is 25.7 Å². The fraction of sp³-hybridized carbons (Fsp3) is 1.00. The van der Waals surface area contributed by atoms with Crippen molar-refractivity contribution in [1.29, 1.82) is 0 Å². The van der Waals surface area contributed by atoms with E-state index in [9.17, 15) is 0 Å². The third kappa shape index (κ3) is 0.810. The average Bonchev–Trinajstić information content (AvgIpc) is 2.04. The molecule has 2 fully saturated rings. The topological polar surface area (TPSA) is 0 Å². The zero-order valence-corrected chi connectivity index (χ0v) is 7.03. The number of hydrogen-bond donors (Lipinski definition) is 0. The van der Waals surface area contributed by atoms with Gasteiger partial charge < -0.3 is 0 Å². The molecule has 0 N–H and O–H groups in total. The molecule has 58 valence electrons. The van der Waals surface area contributed by atoms with Gasteiger partial charge in [-0.15, -0.1) is 0 Å². The van der Waals surface area contributed by atoms with Crippen LogP contribution in [0, 0.1) is 11.3 Å². The molecule has 0 nitrogen and oxygen atoms in total. The van der Waals surface area contributed by atoms with Gasteiger partial charge in [0.15, 0.2) is 0 Å². The van der Waals surface area contributed by atoms with Crippen LogP contribution >= 0.6 is 0 Å². The highest BCUT2D eigenvalue weighted by molar-refractivity contribution is 4.94. The van der Waals surface area contributed by atoms with Crippen LogP contribution in [0.2, 0.25) is 0 Å². The maximum absolute atomic E-state index is 2.45. The molecule has 2 saturated carbocycles. The number of rotatable bonds is 0. The van der Waals surface area contributed by atoms with Gasteiger partial charge in [0.1, 0.15) is 0 Å². The van der Waals surface area contributed by atoms with Crippen molar-refractivity contribution in [2.75, 3.05) is 0 Å². The second-order valence-corrected chi connectivity index (χ2v) is 4.36. The van der Waals surface area contributed by atoms with E-state index in [2.05, 4.69) is 6.92 Å². The third-order valence-electron chi connectivity index (χ3n) is 3.97. The minimum Gasteiger partial charge on any atom is -0.0620 e. The minimum absolute atomic E-state index is 0.859. The third-order valence-corrected chi connectivity index (χ3v) is 3.97. The monoisotopic (exact) mass is 138 g/mol. The standard InChI is InChI=1S/C10H18/c1-9-5-8-10(9)6-3-2-4-7-10/h9H,2-8H2,1H3. The molecule has 0 aromatic rings. The first kappa shape index (κ1) is 6.69.